The van der Waals surface area contributed by atoms with Crippen LogP contribution in [0.5, 0.6) is 0 Å². The molecule has 6 nitrogen and oxygen atoms in total. The van der Waals surface area contributed by atoms with Crippen LogP contribution in [-0.2, 0) is 4.79 Å². The summed E-state index contributed by atoms with van der Waals surface area (Å²) in [4.78, 5) is 28.6. The number of carboxylic acids is 1. The molecule has 1 fully saturated rings. The van der Waals surface area contributed by atoms with Gasteiger partial charge < -0.3 is 10.4 Å². The number of nitrogens with one attached hydrogen (secondary N) is 1. The molecule has 1 atom stereocenters. The van der Waals surface area contributed by atoms with Crippen LogP contribution < -0.4 is 5.32 Å². The van der Waals surface area contributed by atoms with Gasteiger partial charge in [0.2, 0.25) is 0 Å². The van der Waals surface area contributed by atoms with Crippen molar-refractivity contribution >= 4 is 11.8 Å². The van der Waals surface area contributed by atoms with Crippen molar-refractivity contribution < 1.29 is 14.7 Å². The van der Waals surface area contributed by atoms with Gasteiger partial charge in [0.05, 0.1) is 6.54 Å². The lowest BCUT2D eigenvalue weighted by molar-refractivity contribution is -0.140. The number of piperazine rings is 1. The maximum absolute atomic E-state index is 11.9. The predicted molar refractivity (Wildman–Crippen MR) is 64.4 cm³/mol. The smallest absolute Gasteiger partial charge is 0.322 e. The third-order valence-electron chi connectivity index (χ3n) is 2.88. The molecular weight excluding hydrogens is 234 g/mol. The number of rotatable bonds is 4. The Morgan fingerprint density at radius 1 is 1.50 bits per heavy atom. The summed E-state index contributed by atoms with van der Waals surface area (Å²) in [6, 6.07) is 4.58. The van der Waals surface area contributed by atoms with Gasteiger partial charge in [-0.15, -0.1) is 0 Å². The summed E-state index contributed by atoms with van der Waals surface area (Å²) in [7, 11) is 0. The summed E-state index contributed by atoms with van der Waals surface area (Å²) < 4.78 is 0. The number of carboxylic acid groups (broad SMARTS) is 1. The average Bonchev–Trinajstić information content (AvgIpc) is 2.40. The van der Waals surface area contributed by atoms with Gasteiger partial charge in [-0.1, -0.05) is 6.07 Å². The summed E-state index contributed by atoms with van der Waals surface area (Å²) in [6.45, 7) is 1.80. The minimum Gasteiger partial charge on any atom is -0.480 e. The molecule has 1 aromatic rings. The van der Waals surface area contributed by atoms with Crippen LogP contribution in [0.15, 0.2) is 24.4 Å². The molecule has 0 radical (unpaired) electrons. The summed E-state index contributed by atoms with van der Waals surface area (Å²) in [5, 5.41) is 11.8. The van der Waals surface area contributed by atoms with E-state index in [2.05, 4.69) is 10.3 Å². The van der Waals surface area contributed by atoms with Crippen LogP contribution in [0.1, 0.15) is 10.5 Å². The Morgan fingerprint density at radius 2 is 2.33 bits per heavy atom. The molecule has 2 heterocycles. The number of aromatic nitrogens is 1. The number of nitrogens with zero attached hydrogens (tertiary/aromatic N) is 2. The van der Waals surface area contributed by atoms with E-state index < -0.39 is 12.0 Å². The first-order chi connectivity index (χ1) is 8.66. The largest absolute Gasteiger partial charge is 0.480 e. The van der Waals surface area contributed by atoms with Crippen molar-refractivity contribution in [3.63, 3.8) is 0 Å². The summed E-state index contributed by atoms with van der Waals surface area (Å²) in [6.07, 6.45) is 1.57. The first-order valence-electron chi connectivity index (χ1n) is 5.79. The molecule has 18 heavy (non-hydrogen) atoms. The van der Waals surface area contributed by atoms with Gasteiger partial charge in [0.15, 0.2) is 5.78 Å². The molecule has 0 amide bonds. The van der Waals surface area contributed by atoms with Crippen molar-refractivity contribution in [1.82, 2.24) is 15.2 Å². The molecule has 0 saturated carbocycles. The van der Waals surface area contributed by atoms with Crippen LogP contribution in [0.3, 0.4) is 0 Å². The average molecular weight is 249 g/mol. The molecular formula is C12H15N3O3. The SMILES string of the molecule is O=C(CN1CCN[C@H](C(=O)O)C1)c1ccccn1. The number of carbonyl (C=O) groups excluding carboxylic acids is 1. The molecule has 0 spiro atoms. The standard InChI is InChI=1S/C12H15N3O3/c16-11(9-3-1-2-4-13-9)8-15-6-5-14-10(7-15)12(17)18/h1-4,10,14H,5-8H2,(H,17,18)/t10-/m0/s1. The molecule has 2 rings (SSSR count). The van der Waals surface area contributed by atoms with Crippen LogP contribution in [-0.4, -0.2) is 59.0 Å². The lowest BCUT2D eigenvalue weighted by Crippen LogP contribution is -2.55. The molecule has 1 aromatic heterocycles. The molecule has 0 unspecified atom stereocenters. The number of hydrogen-bond donors (Lipinski definition) is 2. The van der Waals surface area contributed by atoms with Crippen LogP contribution in [0.25, 0.3) is 0 Å². The second kappa shape index (κ2) is 5.70. The van der Waals surface area contributed by atoms with Crippen molar-refractivity contribution in [3.8, 4) is 0 Å². The second-order valence-electron chi connectivity index (χ2n) is 4.22. The minimum atomic E-state index is -0.884. The van der Waals surface area contributed by atoms with Crippen LogP contribution in [0, 0.1) is 0 Å². The van der Waals surface area contributed by atoms with Crippen molar-refractivity contribution in [2.24, 2.45) is 0 Å². The van der Waals surface area contributed by atoms with E-state index in [1.54, 1.807) is 24.4 Å². The lowest BCUT2D eigenvalue weighted by atomic mass is 10.2. The zero-order chi connectivity index (χ0) is 13.0. The van der Waals surface area contributed by atoms with E-state index in [0.717, 1.165) is 0 Å². The Kier molecular flexibility index (Phi) is 4.01. The molecule has 1 aliphatic heterocycles. The first kappa shape index (κ1) is 12.7. The van der Waals surface area contributed by atoms with Crippen molar-refractivity contribution in [3.05, 3.63) is 30.1 Å². The Morgan fingerprint density at radius 3 is 3.00 bits per heavy atom. The van der Waals surface area contributed by atoms with E-state index in [4.69, 9.17) is 5.11 Å². The first-order valence-corrected chi connectivity index (χ1v) is 5.79. The normalized spacial score (nSPS) is 20.6. The highest BCUT2D eigenvalue weighted by atomic mass is 16.4. The number of pyridine rings is 1. The number of carbonyl (C=O) groups is 2. The van der Waals surface area contributed by atoms with Crippen molar-refractivity contribution in [2.75, 3.05) is 26.2 Å². The zero-order valence-corrected chi connectivity index (χ0v) is 9.87. The van der Waals surface area contributed by atoms with Gasteiger partial charge in [0.1, 0.15) is 11.7 Å². The van der Waals surface area contributed by atoms with E-state index in [1.807, 2.05) is 4.90 Å². The molecule has 6 heteroatoms. The summed E-state index contributed by atoms with van der Waals surface area (Å²) in [5.41, 5.74) is 0.419. The Balaban J connectivity index is 1.93. The van der Waals surface area contributed by atoms with Crippen molar-refractivity contribution in [1.29, 1.82) is 0 Å². The molecule has 0 aromatic carbocycles. The molecule has 1 saturated heterocycles. The Labute approximate surface area is 105 Å². The topological polar surface area (TPSA) is 82.5 Å². The van der Waals surface area contributed by atoms with E-state index in [9.17, 15) is 9.59 Å². The maximum Gasteiger partial charge on any atom is 0.322 e. The predicted octanol–water partition coefficient (Wildman–Crippen LogP) is -0.377. The summed E-state index contributed by atoms with van der Waals surface area (Å²) >= 11 is 0. The lowest BCUT2D eigenvalue weighted by Gasteiger charge is -2.30. The number of ketones is 1. The third kappa shape index (κ3) is 3.12. The van der Waals surface area contributed by atoms with Gasteiger partial charge >= 0.3 is 5.97 Å². The van der Waals surface area contributed by atoms with Crippen LogP contribution in [0.4, 0.5) is 0 Å². The maximum atomic E-state index is 11.9. The van der Waals surface area contributed by atoms with Gasteiger partial charge in [-0.2, -0.15) is 0 Å². The molecule has 2 N–H and O–H groups in total. The number of hydrogen-bond acceptors (Lipinski definition) is 5. The van der Waals surface area contributed by atoms with E-state index in [1.165, 1.54) is 0 Å². The van der Waals surface area contributed by atoms with E-state index in [-0.39, 0.29) is 12.3 Å². The minimum absolute atomic E-state index is 0.0818. The summed E-state index contributed by atoms with van der Waals surface area (Å²) in [5.74, 6) is -0.966. The second-order valence-corrected chi connectivity index (χ2v) is 4.22. The third-order valence-corrected chi connectivity index (χ3v) is 2.88. The number of Topliss-reactive ketones (excluding diaryl/α,β-unsaturated/α-hetero) is 1. The molecule has 96 valence electrons. The Bertz CT molecular complexity index is 435. The molecule has 1 aliphatic rings. The highest BCUT2D eigenvalue weighted by Gasteiger charge is 2.26. The number of aliphatic carboxylic acids is 1. The van der Waals surface area contributed by atoms with Gasteiger partial charge in [-0.25, -0.2) is 0 Å². The van der Waals surface area contributed by atoms with Gasteiger partial charge in [0.25, 0.3) is 0 Å². The van der Waals surface area contributed by atoms with Crippen LogP contribution in [0.2, 0.25) is 0 Å². The van der Waals surface area contributed by atoms with E-state index in [0.29, 0.717) is 25.3 Å². The fourth-order valence-electron chi connectivity index (χ4n) is 1.93. The quantitative estimate of drug-likeness (QED) is 0.708. The van der Waals surface area contributed by atoms with Gasteiger partial charge in [0, 0.05) is 25.8 Å². The fourth-order valence-corrected chi connectivity index (χ4v) is 1.93. The highest BCUT2D eigenvalue weighted by molar-refractivity contribution is 5.95. The zero-order valence-electron chi connectivity index (χ0n) is 9.87. The van der Waals surface area contributed by atoms with E-state index >= 15 is 0 Å². The monoisotopic (exact) mass is 249 g/mol. The van der Waals surface area contributed by atoms with Gasteiger partial charge in [-0.05, 0) is 12.1 Å². The molecule has 0 aliphatic carbocycles. The van der Waals surface area contributed by atoms with Crippen molar-refractivity contribution in [2.45, 2.75) is 6.04 Å². The Hall–Kier alpha value is -1.79. The molecule has 0 bridgehead atoms. The highest BCUT2D eigenvalue weighted by Crippen LogP contribution is 2.03. The van der Waals surface area contributed by atoms with Crippen LogP contribution >= 0.6 is 0 Å². The van der Waals surface area contributed by atoms with Gasteiger partial charge in [-0.3, -0.25) is 19.5 Å². The fraction of sp³-hybridized carbons (Fsp3) is 0.417.